The van der Waals surface area contributed by atoms with Crippen LogP contribution in [0.15, 0.2) is 24.3 Å². The summed E-state index contributed by atoms with van der Waals surface area (Å²) in [6.07, 6.45) is 4.52. The van der Waals surface area contributed by atoms with Crippen molar-refractivity contribution in [1.29, 1.82) is 0 Å². The molecular weight excluding hydrogens is 281 g/mol. The van der Waals surface area contributed by atoms with E-state index in [9.17, 15) is 5.11 Å². The minimum absolute atomic E-state index is 0.0197. The number of nitrogens with zero attached hydrogens (tertiary/aromatic N) is 1. The Labute approximate surface area is 126 Å². The Bertz CT molecular complexity index is 348. The van der Waals surface area contributed by atoms with Crippen LogP contribution < -0.4 is 0 Å². The van der Waals surface area contributed by atoms with Gasteiger partial charge in [-0.1, -0.05) is 41.8 Å². The molecule has 0 bridgehead atoms. The van der Waals surface area contributed by atoms with Crippen LogP contribution in [0.2, 0.25) is 10.0 Å². The molecule has 2 atom stereocenters. The SMILES string of the molecule is CN(C)CC1CCCC(O)C1.Clc1ccccc1Cl. The second-order valence-corrected chi connectivity index (χ2v) is 6.18. The number of benzene rings is 1. The van der Waals surface area contributed by atoms with Crippen LogP contribution in [0.5, 0.6) is 0 Å². The molecule has 19 heavy (non-hydrogen) atoms. The second kappa shape index (κ2) is 8.80. The quantitative estimate of drug-likeness (QED) is 0.889. The van der Waals surface area contributed by atoms with Crippen LogP contribution >= 0.6 is 23.2 Å². The molecule has 108 valence electrons. The highest BCUT2D eigenvalue weighted by Gasteiger charge is 2.19. The maximum absolute atomic E-state index is 9.37. The molecule has 1 fully saturated rings. The molecule has 0 heterocycles. The van der Waals surface area contributed by atoms with Gasteiger partial charge in [0.25, 0.3) is 0 Å². The first-order valence-corrected chi connectivity index (χ1v) is 7.47. The van der Waals surface area contributed by atoms with Gasteiger partial charge in [0.05, 0.1) is 16.1 Å². The zero-order valence-electron chi connectivity index (χ0n) is 11.6. The highest BCUT2D eigenvalue weighted by Crippen LogP contribution is 2.24. The first-order valence-electron chi connectivity index (χ1n) is 6.72. The molecule has 0 radical (unpaired) electrons. The van der Waals surface area contributed by atoms with Crippen LogP contribution in [0, 0.1) is 5.92 Å². The van der Waals surface area contributed by atoms with Crippen LogP contribution in [0.3, 0.4) is 0 Å². The van der Waals surface area contributed by atoms with E-state index in [1.807, 2.05) is 12.1 Å². The van der Waals surface area contributed by atoms with Gasteiger partial charge in [0, 0.05) is 6.54 Å². The molecule has 0 aliphatic heterocycles. The maximum atomic E-state index is 9.37. The van der Waals surface area contributed by atoms with E-state index >= 15 is 0 Å². The number of halogens is 2. The summed E-state index contributed by atoms with van der Waals surface area (Å²) in [6.45, 7) is 1.14. The Morgan fingerprint density at radius 3 is 2.16 bits per heavy atom. The van der Waals surface area contributed by atoms with Gasteiger partial charge >= 0.3 is 0 Å². The van der Waals surface area contributed by atoms with Crippen LogP contribution in [0.1, 0.15) is 25.7 Å². The van der Waals surface area contributed by atoms with Crippen molar-refractivity contribution >= 4 is 23.2 Å². The highest BCUT2D eigenvalue weighted by molar-refractivity contribution is 6.41. The summed E-state index contributed by atoms with van der Waals surface area (Å²) in [5, 5.41) is 10.6. The van der Waals surface area contributed by atoms with Gasteiger partial charge < -0.3 is 10.0 Å². The van der Waals surface area contributed by atoms with Gasteiger partial charge in [-0.2, -0.15) is 0 Å². The van der Waals surface area contributed by atoms with Crippen molar-refractivity contribution in [1.82, 2.24) is 4.90 Å². The fraction of sp³-hybridized carbons (Fsp3) is 0.600. The molecule has 0 spiro atoms. The Morgan fingerprint density at radius 1 is 1.16 bits per heavy atom. The third kappa shape index (κ3) is 7.17. The number of hydrogen-bond donors (Lipinski definition) is 1. The fourth-order valence-corrected chi connectivity index (χ4v) is 2.66. The Kier molecular flexibility index (Phi) is 7.77. The zero-order valence-corrected chi connectivity index (χ0v) is 13.2. The average Bonchev–Trinajstić information content (AvgIpc) is 2.33. The maximum Gasteiger partial charge on any atom is 0.0592 e. The standard InChI is InChI=1S/C9H19NO.C6H4Cl2/c1-10(2)7-8-4-3-5-9(11)6-8;7-5-3-1-2-4-6(5)8/h8-9,11H,3-7H2,1-2H3;1-4H. The minimum Gasteiger partial charge on any atom is -0.393 e. The lowest BCUT2D eigenvalue weighted by molar-refractivity contribution is 0.0913. The topological polar surface area (TPSA) is 23.5 Å². The van der Waals surface area contributed by atoms with Crippen molar-refractivity contribution in [3.8, 4) is 0 Å². The molecule has 0 saturated heterocycles. The number of rotatable bonds is 2. The molecule has 1 aliphatic rings. The van der Waals surface area contributed by atoms with Gasteiger partial charge in [-0.25, -0.2) is 0 Å². The summed E-state index contributed by atoms with van der Waals surface area (Å²) in [6, 6.07) is 7.19. The van der Waals surface area contributed by atoms with E-state index in [-0.39, 0.29) is 6.10 Å². The molecule has 2 rings (SSSR count). The molecule has 1 N–H and O–H groups in total. The number of aliphatic hydroxyl groups is 1. The zero-order chi connectivity index (χ0) is 14.3. The molecule has 2 unspecified atom stereocenters. The predicted molar refractivity (Wildman–Crippen MR) is 83.0 cm³/mol. The molecule has 2 nitrogen and oxygen atoms in total. The van der Waals surface area contributed by atoms with E-state index < -0.39 is 0 Å². The van der Waals surface area contributed by atoms with E-state index in [0.717, 1.165) is 25.3 Å². The monoisotopic (exact) mass is 303 g/mol. The largest absolute Gasteiger partial charge is 0.393 e. The van der Waals surface area contributed by atoms with E-state index in [0.29, 0.717) is 10.0 Å². The summed E-state index contributed by atoms with van der Waals surface area (Å²) < 4.78 is 0. The fourth-order valence-electron chi connectivity index (χ4n) is 2.38. The van der Waals surface area contributed by atoms with Crippen LogP contribution in [-0.2, 0) is 0 Å². The molecule has 1 aromatic carbocycles. The van der Waals surface area contributed by atoms with Crippen molar-refractivity contribution in [3.63, 3.8) is 0 Å². The van der Waals surface area contributed by atoms with Gasteiger partial charge in [-0.3, -0.25) is 0 Å². The minimum atomic E-state index is -0.0197. The average molecular weight is 304 g/mol. The molecular formula is C15H23Cl2NO. The second-order valence-electron chi connectivity index (χ2n) is 5.36. The van der Waals surface area contributed by atoms with Crippen LogP contribution in [-0.4, -0.2) is 36.8 Å². The number of aliphatic hydroxyl groups excluding tert-OH is 1. The summed E-state index contributed by atoms with van der Waals surface area (Å²) in [5.74, 6) is 0.730. The lowest BCUT2D eigenvalue weighted by Crippen LogP contribution is -2.28. The molecule has 0 amide bonds. The molecule has 1 saturated carbocycles. The molecule has 0 aromatic heterocycles. The third-order valence-corrected chi connectivity index (χ3v) is 3.96. The van der Waals surface area contributed by atoms with Crippen molar-refractivity contribution in [2.24, 2.45) is 5.92 Å². The summed E-state index contributed by atoms with van der Waals surface area (Å²) >= 11 is 11.2. The Balaban J connectivity index is 0.000000200. The first-order chi connectivity index (χ1) is 8.99. The Morgan fingerprint density at radius 2 is 1.74 bits per heavy atom. The highest BCUT2D eigenvalue weighted by atomic mass is 35.5. The van der Waals surface area contributed by atoms with E-state index in [4.69, 9.17) is 23.2 Å². The summed E-state index contributed by atoms with van der Waals surface area (Å²) in [7, 11) is 4.20. The van der Waals surface area contributed by atoms with Gasteiger partial charge in [0.2, 0.25) is 0 Å². The molecule has 1 aromatic rings. The summed E-state index contributed by atoms with van der Waals surface area (Å²) in [4.78, 5) is 2.21. The van der Waals surface area contributed by atoms with Crippen LogP contribution in [0.4, 0.5) is 0 Å². The molecule has 1 aliphatic carbocycles. The normalized spacial score (nSPS) is 22.8. The van der Waals surface area contributed by atoms with E-state index in [2.05, 4.69) is 19.0 Å². The van der Waals surface area contributed by atoms with Crippen molar-refractivity contribution in [3.05, 3.63) is 34.3 Å². The van der Waals surface area contributed by atoms with Gasteiger partial charge in [0.1, 0.15) is 0 Å². The van der Waals surface area contributed by atoms with E-state index in [1.165, 1.54) is 12.8 Å². The van der Waals surface area contributed by atoms with Crippen molar-refractivity contribution < 1.29 is 5.11 Å². The van der Waals surface area contributed by atoms with Gasteiger partial charge in [-0.15, -0.1) is 0 Å². The van der Waals surface area contributed by atoms with E-state index in [1.54, 1.807) is 12.1 Å². The third-order valence-electron chi connectivity index (χ3n) is 3.20. The smallest absolute Gasteiger partial charge is 0.0592 e. The van der Waals surface area contributed by atoms with Crippen molar-refractivity contribution in [2.45, 2.75) is 31.8 Å². The van der Waals surface area contributed by atoms with Gasteiger partial charge in [-0.05, 0) is 51.4 Å². The van der Waals surface area contributed by atoms with Crippen LogP contribution in [0.25, 0.3) is 0 Å². The summed E-state index contributed by atoms with van der Waals surface area (Å²) in [5.41, 5.74) is 0. The lowest BCUT2D eigenvalue weighted by Gasteiger charge is -2.27. The number of hydrogen-bond acceptors (Lipinski definition) is 2. The predicted octanol–water partition coefficient (Wildman–Crippen LogP) is 4.09. The first kappa shape index (κ1) is 16.8. The Hall–Kier alpha value is -0.280. The van der Waals surface area contributed by atoms with Gasteiger partial charge in [0.15, 0.2) is 0 Å². The van der Waals surface area contributed by atoms with Crippen molar-refractivity contribution in [2.75, 3.05) is 20.6 Å². The lowest BCUT2D eigenvalue weighted by atomic mass is 9.87. The molecule has 4 heteroatoms.